The van der Waals surface area contributed by atoms with Crippen LogP contribution in [-0.2, 0) is 11.2 Å². The van der Waals surface area contributed by atoms with Crippen molar-refractivity contribution in [3.05, 3.63) is 47.5 Å². The van der Waals surface area contributed by atoms with Crippen LogP contribution < -0.4 is 9.64 Å². The van der Waals surface area contributed by atoms with Crippen LogP contribution in [0.25, 0.3) is 0 Å². The quantitative estimate of drug-likeness (QED) is 0.742. The Labute approximate surface area is 144 Å². The number of carbonyl (C=O) groups excluding carboxylic acids is 1. The topological polar surface area (TPSA) is 107 Å². The summed E-state index contributed by atoms with van der Waals surface area (Å²) in [7, 11) is 2.93. The van der Waals surface area contributed by atoms with Gasteiger partial charge in [-0.3, -0.25) is 4.79 Å². The first kappa shape index (κ1) is 18.1. The SMILES string of the molecule is COc1ccc(CCC(=O)N(C)c2ccc(O)cc2C(=O)O)cc1O. The van der Waals surface area contributed by atoms with E-state index >= 15 is 0 Å². The van der Waals surface area contributed by atoms with E-state index in [9.17, 15) is 24.9 Å². The molecule has 0 heterocycles. The standard InChI is InChI=1S/C18H19NO6/c1-19(14-6-5-12(20)10-13(14)18(23)24)17(22)8-4-11-3-7-16(25-2)15(21)9-11/h3,5-7,9-10,20-21H,4,8H2,1-2H3,(H,23,24). The molecule has 2 aromatic carbocycles. The average molecular weight is 345 g/mol. The van der Waals surface area contributed by atoms with Crippen LogP contribution in [0.3, 0.4) is 0 Å². The number of aromatic hydroxyl groups is 2. The van der Waals surface area contributed by atoms with Crippen LogP contribution >= 0.6 is 0 Å². The van der Waals surface area contributed by atoms with Gasteiger partial charge in [0.1, 0.15) is 5.75 Å². The first-order valence-electron chi connectivity index (χ1n) is 7.52. The summed E-state index contributed by atoms with van der Waals surface area (Å²) in [4.78, 5) is 24.9. The maximum atomic E-state index is 12.4. The smallest absolute Gasteiger partial charge is 0.337 e. The number of aromatic carboxylic acids is 1. The summed E-state index contributed by atoms with van der Waals surface area (Å²) < 4.78 is 4.97. The van der Waals surface area contributed by atoms with Gasteiger partial charge in [-0.15, -0.1) is 0 Å². The van der Waals surface area contributed by atoms with Crippen molar-refractivity contribution in [1.82, 2.24) is 0 Å². The number of phenolic OH excluding ortho intramolecular Hbond substituents is 2. The number of ether oxygens (including phenoxy) is 1. The van der Waals surface area contributed by atoms with Crippen molar-refractivity contribution in [3.63, 3.8) is 0 Å². The van der Waals surface area contributed by atoms with Crippen molar-refractivity contribution in [2.24, 2.45) is 0 Å². The molecule has 2 rings (SSSR count). The second kappa shape index (κ2) is 7.57. The second-order valence-electron chi connectivity index (χ2n) is 5.47. The number of carboxylic acid groups (broad SMARTS) is 1. The molecule has 0 atom stereocenters. The molecule has 0 spiro atoms. The van der Waals surface area contributed by atoms with Crippen LogP contribution in [0, 0.1) is 0 Å². The Hall–Kier alpha value is -3.22. The number of hydrogen-bond donors (Lipinski definition) is 3. The Morgan fingerprint density at radius 3 is 2.44 bits per heavy atom. The van der Waals surface area contributed by atoms with Crippen LogP contribution in [0.4, 0.5) is 5.69 Å². The van der Waals surface area contributed by atoms with Gasteiger partial charge in [0.25, 0.3) is 0 Å². The lowest BCUT2D eigenvalue weighted by molar-refractivity contribution is -0.118. The van der Waals surface area contributed by atoms with E-state index in [1.54, 1.807) is 12.1 Å². The van der Waals surface area contributed by atoms with Crippen molar-refractivity contribution in [2.75, 3.05) is 19.1 Å². The minimum absolute atomic E-state index is 0.00694. The minimum atomic E-state index is -1.23. The molecule has 7 heteroatoms. The lowest BCUT2D eigenvalue weighted by Gasteiger charge is -2.19. The number of nitrogens with zero attached hydrogens (tertiary/aromatic N) is 1. The van der Waals surface area contributed by atoms with E-state index in [4.69, 9.17) is 4.74 Å². The van der Waals surface area contributed by atoms with Gasteiger partial charge in [-0.1, -0.05) is 6.07 Å². The van der Waals surface area contributed by atoms with Gasteiger partial charge < -0.3 is 25.0 Å². The Morgan fingerprint density at radius 1 is 1.12 bits per heavy atom. The third-order valence-corrected chi connectivity index (χ3v) is 3.82. The van der Waals surface area contributed by atoms with Crippen LogP contribution in [-0.4, -0.2) is 41.4 Å². The molecule has 0 saturated heterocycles. The molecule has 0 saturated carbocycles. The summed E-state index contributed by atoms with van der Waals surface area (Å²) >= 11 is 0. The maximum absolute atomic E-state index is 12.4. The van der Waals surface area contributed by atoms with Gasteiger partial charge in [0.15, 0.2) is 11.5 Å². The summed E-state index contributed by atoms with van der Waals surface area (Å²) in [6.45, 7) is 0. The number of carbonyl (C=O) groups is 2. The molecule has 0 aliphatic rings. The molecule has 132 valence electrons. The van der Waals surface area contributed by atoms with Gasteiger partial charge >= 0.3 is 5.97 Å². The van der Waals surface area contributed by atoms with Crippen molar-refractivity contribution >= 4 is 17.6 Å². The fraction of sp³-hybridized carbons (Fsp3) is 0.222. The molecule has 0 radical (unpaired) electrons. The molecule has 0 aromatic heterocycles. The third-order valence-electron chi connectivity index (χ3n) is 3.82. The lowest BCUT2D eigenvalue weighted by Crippen LogP contribution is -2.28. The van der Waals surface area contributed by atoms with E-state index in [1.165, 1.54) is 37.3 Å². The second-order valence-corrected chi connectivity index (χ2v) is 5.47. The molecule has 3 N–H and O–H groups in total. The fourth-order valence-corrected chi connectivity index (χ4v) is 2.43. The molecule has 7 nitrogen and oxygen atoms in total. The van der Waals surface area contributed by atoms with Crippen molar-refractivity contribution in [1.29, 1.82) is 0 Å². The summed E-state index contributed by atoms with van der Waals surface area (Å²) in [6, 6.07) is 8.69. The Balaban J connectivity index is 2.11. The van der Waals surface area contributed by atoms with Gasteiger partial charge in [0, 0.05) is 13.5 Å². The predicted octanol–water partition coefficient (Wildman–Crippen LogP) is 2.40. The molecular weight excluding hydrogens is 326 g/mol. The molecule has 0 aliphatic carbocycles. The number of amides is 1. The Kier molecular flexibility index (Phi) is 5.49. The van der Waals surface area contributed by atoms with Gasteiger partial charge in [0.05, 0.1) is 18.4 Å². The highest BCUT2D eigenvalue weighted by Gasteiger charge is 2.19. The number of benzene rings is 2. The molecule has 1 amide bonds. The van der Waals surface area contributed by atoms with Crippen molar-refractivity contribution in [3.8, 4) is 17.2 Å². The molecule has 0 bridgehead atoms. The monoisotopic (exact) mass is 345 g/mol. The Bertz CT molecular complexity index is 802. The van der Waals surface area contributed by atoms with Gasteiger partial charge in [-0.05, 0) is 42.3 Å². The normalized spacial score (nSPS) is 10.3. The zero-order chi connectivity index (χ0) is 18.6. The predicted molar refractivity (Wildman–Crippen MR) is 91.5 cm³/mol. The number of rotatable bonds is 6. The third kappa shape index (κ3) is 4.20. The first-order chi connectivity index (χ1) is 11.8. The van der Waals surface area contributed by atoms with Gasteiger partial charge in [-0.2, -0.15) is 0 Å². The lowest BCUT2D eigenvalue weighted by atomic mass is 10.1. The van der Waals surface area contributed by atoms with E-state index in [0.29, 0.717) is 12.2 Å². The number of methoxy groups -OCH3 is 1. The van der Waals surface area contributed by atoms with Crippen LogP contribution in [0.5, 0.6) is 17.2 Å². The highest BCUT2D eigenvalue weighted by atomic mass is 16.5. The van der Waals surface area contributed by atoms with Crippen LogP contribution in [0.15, 0.2) is 36.4 Å². The molecular formula is C18H19NO6. The van der Waals surface area contributed by atoms with Gasteiger partial charge in [-0.25, -0.2) is 4.79 Å². The number of carboxylic acids is 1. The largest absolute Gasteiger partial charge is 0.508 e. The highest BCUT2D eigenvalue weighted by molar-refractivity contribution is 6.02. The van der Waals surface area contributed by atoms with E-state index in [0.717, 1.165) is 11.6 Å². The maximum Gasteiger partial charge on any atom is 0.337 e. The fourth-order valence-electron chi connectivity index (χ4n) is 2.43. The van der Waals surface area contributed by atoms with E-state index in [1.807, 2.05) is 0 Å². The summed E-state index contributed by atoms with van der Waals surface area (Å²) in [5.74, 6) is -1.36. The van der Waals surface area contributed by atoms with E-state index in [-0.39, 0.29) is 35.1 Å². The number of anilines is 1. The first-order valence-corrected chi connectivity index (χ1v) is 7.52. The molecule has 0 fully saturated rings. The summed E-state index contributed by atoms with van der Waals surface area (Å²) in [5.41, 5.74) is 0.801. The molecule has 2 aromatic rings. The summed E-state index contributed by atoms with van der Waals surface area (Å²) in [5, 5.41) is 28.4. The zero-order valence-electron chi connectivity index (χ0n) is 13.9. The summed E-state index contributed by atoms with van der Waals surface area (Å²) in [6.07, 6.45) is 0.503. The van der Waals surface area contributed by atoms with Crippen molar-refractivity contribution in [2.45, 2.75) is 12.8 Å². The zero-order valence-corrected chi connectivity index (χ0v) is 13.9. The van der Waals surface area contributed by atoms with Crippen LogP contribution in [0.1, 0.15) is 22.3 Å². The van der Waals surface area contributed by atoms with E-state index < -0.39 is 5.97 Å². The number of aryl methyl sites for hydroxylation is 1. The van der Waals surface area contributed by atoms with Crippen LogP contribution in [0.2, 0.25) is 0 Å². The number of phenols is 2. The average Bonchev–Trinajstić information content (AvgIpc) is 2.59. The molecule has 25 heavy (non-hydrogen) atoms. The number of hydrogen-bond acceptors (Lipinski definition) is 5. The van der Waals surface area contributed by atoms with Crippen molar-refractivity contribution < 1.29 is 29.6 Å². The highest BCUT2D eigenvalue weighted by Crippen LogP contribution is 2.28. The minimum Gasteiger partial charge on any atom is -0.508 e. The molecule has 0 aliphatic heterocycles. The molecule has 0 unspecified atom stereocenters. The Morgan fingerprint density at radius 2 is 1.84 bits per heavy atom. The van der Waals surface area contributed by atoms with E-state index in [2.05, 4.69) is 0 Å². The van der Waals surface area contributed by atoms with Gasteiger partial charge in [0.2, 0.25) is 5.91 Å².